The van der Waals surface area contributed by atoms with Gasteiger partial charge in [-0.05, 0) is 24.3 Å². The summed E-state index contributed by atoms with van der Waals surface area (Å²) in [5.41, 5.74) is 0. The molecule has 22 heavy (non-hydrogen) atoms. The molecule has 1 saturated carbocycles. The first-order chi connectivity index (χ1) is 10.7. The van der Waals surface area contributed by atoms with Gasteiger partial charge in [-0.25, -0.2) is 0 Å². The number of ether oxygens (including phenoxy) is 2. The highest BCUT2D eigenvalue weighted by Gasteiger charge is 2.61. The van der Waals surface area contributed by atoms with Crippen molar-refractivity contribution in [1.29, 1.82) is 0 Å². The molecule has 6 heteroatoms. The standard InChI is InChI=1S/C16H16O6/c1-19-15(17)13-11(9-5-3-7-21-9)12(10-6-4-8-22-10)14(13)16(18)20-2/h3-8,11-14H,1-2H3/t11-,12-,13+,14+/m1/s1. The minimum absolute atomic E-state index is 0.322. The summed E-state index contributed by atoms with van der Waals surface area (Å²) in [6.07, 6.45) is 3.07. The van der Waals surface area contributed by atoms with Crippen LogP contribution in [0.3, 0.4) is 0 Å². The van der Waals surface area contributed by atoms with Crippen molar-refractivity contribution in [2.75, 3.05) is 14.2 Å². The second kappa shape index (κ2) is 5.71. The van der Waals surface area contributed by atoms with E-state index >= 15 is 0 Å². The van der Waals surface area contributed by atoms with Gasteiger partial charge < -0.3 is 18.3 Å². The fourth-order valence-electron chi connectivity index (χ4n) is 3.28. The molecule has 6 nitrogen and oxygen atoms in total. The van der Waals surface area contributed by atoms with Crippen LogP contribution in [-0.4, -0.2) is 26.2 Å². The molecule has 2 aromatic heterocycles. The van der Waals surface area contributed by atoms with Crippen molar-refractivity contribution in [3.8, 4) is 0 Å². The molecule has 3 rings (SSSR count). The molecule has 1 fully saturated rings. The molecule has 0 N–H and O–H groups in total. The summed E-state index contributed by atoms with van der Waals surface area (Å²) in [5, 5.41) is 0. The van der Waals surface area contributed by atoms with Crippen molar-refractivity contribution in [2.24, 2.45) is 11.8 Å². The summed E-state index contributed by atoms with van der Waals surface area (Å²) in [5.74, 6) is -1.62. The lowest BCUT2D eigenvalue weighted by molar-refractivity contribution is -0.169. The minimum Gasteiger partial charge on any atom is -0.469 e. The van der Waals surface area contributed by atoms with Crippen LogP contribution in [0, 0.1) is 11.8 Å². The van der Waals surface area contributed by atoms with Gasteiger partial charge in [0.1, 0.15) is 11.5 Å². The van der Waals surface area contributed by atoms with Crippen LogP contribution in [0.25, 0.3) is 0 Å². The van der Waals surface area contributed by atoms with Crippen molar-refractivity contribution >= 4 is 11.9 Å². The highest BCUT2D eigenvalue weighted by molar-refractivity contribution is 5.86. The van der Waals surface area contributed by atoms with E-state index in [1.54, 1.807) is 24.3 Å². The Morgan fingerprint density at radius 2 is 1.27 bits per heavy atom. The first-order valence-corrected chi connectivity index (χ1v) is 6.91. The van der Waals surface area contributed by atoms with Gasteiger partial charge in [-0.3, -0.25) is 9.59 Å². The molecular formula is C16H16O6. The smallest absolute Gasteiger partial charge is 0.310 e. The van der Waals surface area contributed by atoms with Crippen molar-refractivity contribution in [2.45, 2.75) is 11.8 Å². The molecule has 0 unspecified atom stereocenters. The monoisotopic (exact) mass is 304 g/mol. The molecule has 116 valence electrons. The number of methoxy groups -OCH3 is 2. The predicted octanol–water partition coefficient (Wildman–Crippen LogP) is 2.33. The third-order valence-corrected chi connectivity index (χ3v) is 4.24. The van der Waals surface area contributed by atoms with E-state index in [0.717, 1.165) is 0 Å². The van der Waals surface area contributed by atoms with Gasteiger partial charge in [-0.15, -0.1) is 0 Å². The van der Waals surface area contributed by atoms with Crippen molar-refractivity contribution in [3.63, 3.8) is 0 Å². The molecule has 0 bridgehead atoms. The van der Waals surface area contributed by atoms with E-state index in [1.807, 2.05) is 0 Å². The average molecular weight is 304 g/mol. The van der Waals surface area contributed by atoms with Gasteiger partial charge >= 0.3 is 11.9 Å². The molecular weight excluding hydrogens is 288 g/mol. The average Bonchev–Trinajstić information content (AvgIpc) is 3.19. The van der Waals surface area contributed by atoms with Gasteiger partial charge in [0, 0.05) is 11.8 Å². The summed E-state index contributed by atoms with van der Waals surface area (Å²) < 4.78 is 20.6. The summed E-state index contributed by atoms with van der Waals surface area (Å²) in [7, 11) is 2.60. The second-order valence-corrected chi connectivity index (χ2v) is 5.18. The topological polar surface area (TPSA) is 78.9 Å². The number of hydrogen-bond acceptors (Lipinski definition) is 6. The van der Waals surface area contributed by atoms with Crippen molar-refractivity contribution < 1.29 is 27.9 Å². The molecule has 0 amide bonds. The largest absolute Gasteiger partial charge is 0.469 e. The summed E-state index contributed by atoms with van der Waals surface area (Å²) in [4.78, 5) is 24.3. The third kappa shape index (κ3) is 2.11. The van der Waals surface area contributed by atoms with Gasteiger partial charge in [0.2, 0.25) is 0 Å². The lowest BCUT2D eigenvalue weighted by Crippen LogP contribution is -2.51. The zero-order chi connectivity index (χ0) is 15.7. The van der Waals surface area contributed by atoms with Crippen LogP contribution >= 0.6 is 0 Å². The fourth-order valence-corrected chi connectivity index (χ4v) is 3.28. The summed E-state index contributed by atoms with van der Waals surface area (Å²) in [6, 6.07) is 7.05. The molecule has 0 saturated heterocycles. The van der Waals surface area contributed by atoms with Crippen LogP contribution in [0.4, 0.5) is 0 Å². The van der Waals surface area contributed by atoms with Crippen LogP contribution in [0.5, 0.6) is 0 Å². The Morgan fingerprint density at radius 1 is 0.864 bits per heavy atom. The zero-order valence-corrected chi connectivity index (χ0v) is 12.2. The molecule has 1 aliphatic rings. The summed E-state index contributed by atoms with van der Waals surface area (Å²) in [6.45, 7) is 0. The van der Waals surface area contributed by atoms with Crippen molar-refractivity contribution in [3.05, 3.63) is 48.3 Å². The molecule has 2 aromatic rings. The molecule has 0 aromatic carbocycles. The van der Waals surface area contributed by atoms with E-state index in [-0.39, 0.29) is 11.8 Å². The number of esters is 2. The van der Waals surface area contributed by atoms with Crippen LogP contribution < -0.4 is 0 Å². The van der Waals surface area contributed by atoms with E-state index in [9.17, 15) is 9.59 Å². The Morgan fingerprint density at radius 3 is 1.55 bits per heavy atom. The first kappa shape index (κ1) is 14.4. The van der Waals surface area contributed by atoms with Crippen LogP contribution in [0.15, 0.2) is 45.6 Å². The Kier molecular flexibility index (Phi) is 3.75. The second-order valence-electron chi connectivity index (χ2n) is 5.18. The maximum Gasteiger partial charge on any atom is 0.310 e. The Bertz CT molecular complexity index is 584. The van der Waals surface area contributed by atoms with Crippen LogP contribution in [0.1, 0.15) is 23.4 Å². The summed E-state index contributed by atoms with van der Waals surface area (Å²) >= 11 is 0. The number of hydrogen-bond donors (Lipinski definition) is 0. The molecule has 2 heterocycles. The molecule has 0 radical (unpaired) electrons. The van der Waals surface area contributed by atoms with E-state index in [1.165, 1.54) is 26.7 Å². The number of furan rings is 2. The van der Waals surface area contributed by atoms with Crippen molar-refractivity contribution in [1.82, 2.24) is 0 Å². The highest BCUT2D eigenvalue weighted by Crippen LogP contribution is 2.58. The van der Waals surface area contributed by atoms with Crippen LogP contribution in [-0.2, 0) is 19.1 Å². The molecule has 0 spiro atoms. The van der Waals surface area contributed by atoms with Gasteiger partial charge in [-0.1, -0.05) is 0 Å². The van der Waals surface area contributed by atoms with Gasteiger partial charge in [0.15, 0.2) is 0 Å². The third-order valence-electron chi connectivity index (χ3n) is 4.24. The lowest BCUT2D eigenvalue weighted by Gasteiger charge is -2.46. The maximum absolute atomic E-state index is 12.1. The maximum atomic E-state index is 12.1. The first-order valence-electron chi connectivity index (χ1n) is 6.91. The number of rotatable bonds is 4. The van der Waals surface area contributed by atoms with E-state index < -0.39 is 23.8 Å². The van der Waals surface area contributed by atoms with Gasteiger partial charge in [0.05, 0.1) is 38.6 Å². The fraction of sp³-hybridized carbons (Fsp3) is 0.375. The number of carbonyl (C=O) groups excluding carboxylic acids is 2. The quantitative estimate of drug-likeness (QED) is 0.807. The van der Waals surface area contributed by atoms with Crippen LogP contribution in [0.2, 0.25) is 0 Å². The Labute approximate surface area is 127 Å². The normalized spacial score (nSPS) is 27.0. The van der Waals surface area contributed by atoms with E-state index in [4.69, 9.17) is 18.3 Å². The van der Waals surface area contributed by atoms with Gasteiger partial charge in [-0.2, -0.15) is 0 Å². The Hall–Kier alpha value is -2.50. The lowest BCUT2D eigenvalue weighted by atomic mass is 9.54. The Balaban J connectivity index is 2.03. The number of carbonyl (C=O) groups is 2. The molecule has 1 aliphatic carbocycles. The predicted molar refractivity (Wildman–Crippen MR) is 73.9 cm³/mol. The minimum atomic E-state index is -0.654. The highest BCUT2D eigenvalue weighted by atomic mass is 16.5. The van der Waals surface area contributed by atoms with E-state index in [0.29, 0.717) is 11.5 Å². The van der Waals surface area contributed by atoms with E-state index in [2.05, 4.69) is 0 Å². The van der Waals surface area contributed by atoms with Gasteiger partial charge in [0.25, 0.3) is 0 Å². The SMILES string of the molecule is COC(=O)[C@@H]1[C@@H](C(=O)OC)[C@H](c2ccco2)[C@H]1c1ccco1. The molecule has 4 atom stereocenters. The molecule has 0 aliphatic heterocycles. The zero-order valence-electron chi connectivity index (χ0n) is 12.2.